The molecule has 2 saturated heterocycles. The third kappa shape index (κ3) is 2.66. The van der Waals surface area contributed by atoms with Gasteiger partial charge in [-0.25, -0.2) is 0 Å². The van der Waals surface area contributed by atoms with Gasteiger partial charge in [0.25, 0.3) is 0 Å². The van der Waals surface area contributed by atoms with Crippen molar-refractivity contribution in [3.05, 3.63) is 0 Å². The average molecular weight is 246 g/mol. The Morgan fingerprint density at radius 2 is 1.06 bits per heavy atom. The lowest BCUT2D eigenvalue weighted by Gasteiger charge is -2.30. The van der Waals surface area contributed by atoms with Gasteiger partial charge in [0.15, 0.2) is 11.1 Å². The molecule has 18 heavy (non-hydrogen) atoms. The van der Waals surface area contributed by atoms with Crippen LogP contribution in [0.25, 0.3) is 0 Å². The minimum absolute atomic E-state index is 0.673. The number of hydrogen-bond donors (Lipinski definition) is 2. The molecule has 2 aliphatic rings. The fraction of sp³-hybridized carbons (Fsp3) is 0.833. The second-order valence-corrected chi connectivity index (χ2v) is 4.99. The molecule has 0 atom stereocenters. The fourth-order valence-corrected chi connectivity index (χ4v) is 2.34. The molecular formula is C12H18N6. The molecule has 0 aliphatic carbocycles. The first kappa shape index (κ1) is 12.9. The largest absolute Gasteiger partial charge is 0.316 e. The summed E-state index contributed by atoms with van der Waals surface area (Å²) in [5.74, 6) is 0. The van der Waals surface area contributed by atoms with Crippen LogP contribution in [-0.2, 0) is 0 Å². The zero-order valence-corrected chi connectivity index (χ0v) is 10.4. The quantitative estimate of drug-likeness (QED) is 0.702. The molecule has 2 heterocycles. The van der Waals surface area contributed by atoms with Crippen molar-refractivity contribution in [2.45, 2.75) is 36.8 Å². The fourth-order valence-electron chi connectivity index (χ4n) is 2.34. The zero-order valence-electron chi connectivity index (χ0n) is 10.4. The minimum Gasteiger partial charge on any atom is -0.316 e. The van der Waals surface area contributed by atoms with Crippen LogP contribution in [0.15, 0.2) is 10.2 Å². The van der Waals surface area contributed by atoms with Crippen LogP contribution in [0.5, 0.6) is 0 Å². The van der Waals surface area contributed by atoms with Gasteiger partial charge in [0, 0.05) is 25.7 Å². The first-order chi connectivity index (χ1) is 8.74. The molecule has 0 spiro atoms. The van der Waals surface area contributed by atoms with Gasteiger partial charge in [-0.15, -0.1) is 0 Å². The highest BCUT2D eigenvalue weighted by atomic mass is 15.2. The predicted octanol–water partition coefficient (Wildman–Crippen LogP) is 0.730. The zero-order chi connectivity index (χ0) is 12.9. The maximum Gasteiger partial charge on any atom is 0.169 e. The Morgan fingerprint density at radius 1 is 0.722 bits per heavy atom. The molecule has 2 aliphatic heterocycles. The molecule has 6 nitrogen and oxygen atoms in total. The van der Waals surface area contributed by atoms with Gasteiger partial charge in [0.2, 0.25) is 0 Å². The van der Waals surface area contributed by atoms with Crippen molar-refractivity contribution in [2.24, 2.45) is 10.2 Å². The molecule has 0 aromatic heterocycles. The Balaban J connectivity index is 2.12. The van der Waals surface area contributed by atoms with Crippen molar-refractivity contribution in [2.75, 3.05) is 26.2 Å². The lowest BCUT2D eigenvalue weighted by Crippen LogP contribution is -2.42. The number of nitrogens with one attached hydrogen (secondary N) is 2. The Bertz CT molecular complexity index is 352. The van der Waals surface area contributed by atoms with E-state index < -0.39 is 11.1 Å². The highest BCUT2D eigenvalue weighted by molar-refractivity contribution is 5.12. The van der Waals surface area contributed by atoms with Crippen LogP contribution in [0.4, 0.5) is 0 Å². The Morgan fingerprint density at radius 3 is 1.33 bits per heavy atom. The van der Waals surface area contributed by atoms with Crippen LogP contribution in [0.1, 0.15) is 25.7 Å². The Kier molecular flexibility index (Phi) is 3.90. The van der Waals surface area contributed by atoms with Gasteiger partial charge >= 0.3 is 0 Å². The van der Waals surface area contributed by atoms with Crippen LogP contribution < -0.4 is 10.6 Å². The number of piperidine rings is 2. The summed E-state index contributed by atoms with van der Waals surface area (Å²) in [4.78, 5) is 0. The van der Waals surface area contributed by atoms with E-state index in [0.717, 1.165) is 26.2 Å². The molecule has 0 amide bonds. The lowest BCUT2D eigenvalue weighted by molar-refractivity contribution is 0.325. The Hall–Kier alpha value is -1.50. The van der Waals surface area contributed by atoms with Crippen molar-refractivity contribution >= 4 is 0 Å². The van der Waals surface area contributed by atoms with Crippen molar-refractivity contribution < 1.29 is 0 Å². The van der Waals surface area contributed by atoms with E-state index in [9.17, 15) is 10.5 Å². The second-order valence-electron chi connectivity index (χ2n) is 4.99. The molecule has 0 aromatic rings. The van der Waals surface area contributed by atoms with Crippen molar-refractivity contribution in [1.29, 1.82) is 10.5 Å². The summed E-state index contributed by atoms with van der Waals surface area (Å²) in [6.45, 7) is 3.14. The molecule has 0 saturated carbocycles. The summed E-state index contributed by atoms with van der Waals surface area (Å²) in [6, 6.07) is 4.55. The maximum atomic E-state index is 9.30. The van der Waals surface area contributed by atoms with Gasteiger partial charge in [0.1, 0.15) is 0 Å². The van der Waals surface area contributed by atoms with Gasteiger partial charge in [-0.2, -0.15) is 20.8 Å². The van der Waals surface area contributed by atoms with Crippen molar-refractivity contribution in [3.63, 3.8) is 0 Å². The second kappa shape index (κ2) is 5.43. The number of hydrogen-bond acceptors (Lipinski definition) is 6. The van der Waals surface area contributed by atoms with E-state index in [4.69, 9.17) is 0 Å². The summed E-state index contributed by atoms with van der Waals surface area (Å²) in [7, 11) is 0. The highest BCUT2D eigenvalue weighted by Gasteiger charge is 2.36. The molecule has 0 aromatic carbocycles. The van der Waals surface area contributed by atoms with Gasteiger partial charge in [-0.05, 0) is 26.2 Å². The molecule has 6 heteroatoms. The maximum absolute atomic E-state index is 9.30. The summed E-state index contributed by atoms with van der Waals surface area (Å²) in [5, 5.41) is 33.6. The highest BCUT2D eigenvalue weighted by Crippen LogP contribution is 2.28. The summed E-state index contributed by atoms with van der Waals surface area (Å²) < 4.78 is 0. The first-order valence-electron chi connectivity index (χ1n) is 6.42. The normalized spacial score (nSPS) is 26.3. The molecule has 0 bridgehead atoms. The first-order valence-corrected chi connectivity index (χ1v) is 6.42. The van der Waals surface area contributed by atoms with Crippen LogP contribution in [0.2, 0.25) is 0 Å². The summed E-state index contributed by atoms with van der Waals surface area (Å²) in [6.07, 6.45) is 2.69. The standard InChI is InChI=1S/C12H18N6/c13-9-11(1-5-15-6-2-11)17-18-12(10-14)3-7-16-8-4-12/h15-16H,1-8H2. The molecule has 0 unspecified atom stereocenters. The predicted molar refractivity (Wildman–Crippen MR) is 65.8 cm³/mol. The van der Waals surface area contributed by atoms with E-state index in [1.807, 2.05) is 0 Å². The smallest absolute Gasteiger partial charge is 0.169 e. The number of nitriles is 2. The Labute approximate surface area is 107 Å². The van der Waals surface area contributed by atoms with E-state index in [1.54, 1.807) is 0 Å². The summed E-state index contributed by atoms with van der Waals surface area (Å²) in [5.41, 5.74) is -1.44. The van der Waals surface area contributed by atoms with Crippen LogP contribution in [0, 0.1) is 22.7 Å². The van der Waals surface area contributed by atoms with E-state index >= 15 is 0 Å². The molecule has 0 radical (unpaired) electrons. The van der Waals surface area contributed by atoms with E-state index in [0.29, 0.717) is 25.7 Å². The number of azo groups is 1. The molecule has 96 valence electrons. The number of rotatable bonds is 2. The molecule has 2 rings (SSSR count). The van der Waals surface area contributed by atoms with Gasteiger partial charge in [-0.3, -0.25) is 0 Å². The van der Waals surface area contributed by atoms with Crippen LogP contribution in [-0.4, -0.2) is 37.3 Å². The van der Waals surface area contributed by atoms with Gasteiger partial charge in [0.05, 0.1) is 12.1 Å². The van der Waals surface area contributed by atoms with Crippen molar-refractivity contribution in [1.82, 2.24) is 10.6 Å². The topological polar surface area (TPSA) is 96.4 Å². The van der Waals surface area contributed by atoms with Crippen LogP contribution in [0.3, 0.4) is 0 Å². The van der Waals surface area contributed by atoms with Gasteiger partial charge in [-0.1, -0.05) is 0 Å². The summed E-state index contributed by atoms with van der Waals surface area (Å²) >= 11 is 0. The average Bonchev–Trinajstić information content (AvgIpc) is 2.47. The van der Waals surface area contributed by atoms with E-state index in [1.165, 1.54) is 0 Å². The third-order valence-corrected chi connectivity index (χ3v) is 3.71. The van der Waals surface area contributed by atoms with Crippen molar-refractivity contribution in [3.8, 4) is 12.1 Å². The SMILES string of the molecule is N#CC1(N=NC2(C#N)CCNCC2)CCNCC1. The van der Waals surface area contributed by atoms with E-state index in [-0.39, 0.29) is 0 Å². The van der Waals surface area contributed by atoms with E-state index in [2.05, 4.69) is 33.0 Å². The van der Waals surface area contributed by atoms with Gasteiger partial charge < -0.3 is 10.6 Å². The molecular weight excluding hydrogens is 228 g/mol. The van der Waals surface area contributed by atoms with Crippen LogP contribution >= 0.6 is 0 Å². The molecule has 2 N–H and O–H groups in total. The minimum atomic E-state index is -0.722. The molecule has 2 fully saturated rings. The number of nitrogens with zero attached hydrogens (tertiary/aromatic N) is 4. The lowest BCUT2D eigenvalue weighted by atomic mass is 9.90. The third-order valence-electron chi connectivity index (χ3n) is 3.71. The monoisotopic (exact) mass is 246 g/mol.